The highest BCUT2D eigenvalue weighted by molar-refractivity contribution is 8.14. The lowest BCUT2D eigenvalue weighted by Crippen LogP contribution is -2.57. The molecule has 4 N–H and O–H groups in total. The molecule has 3 aliphatic rings. The number of amidine groups is 1. The van der Waals surface area contributed by atoms with Crippen molar-refractivity contribution in [2.75, 3.05) is 6.54 Å². The predicted octanol–water partition coefficient (Wildman–Crippen LogP) is -0.715. The van der Waals surface area contributed by atoms with Gasteiger partial charge in [-0.2, -0.15) is 0 Å². The molecule has 3 rings (SSSR count). The molecule has 1 saturated heterocycles. The third-order valence-corrected chi connectivity index (χ3v) is 4.91. The van der Waals surface area contributed by atoms with E-state index in [1.54, 1.807) is 6.92 Å². The van der Waals surface area contributed by atoms with E-state index in [1.165, 1.54) is 24.6 Å². The summed E-state index contributed by atoms with van der Waals surface area (Å²) in [6.07, 6.45) is -1.16. The molecule has 1 aliphatic carbocycles. The Balaban J connectivity index is 1.64. The van der Waals surface area contributed by atoms with Crippen LogP contribution in [0, 0.1) is 5.92 Å². The summed E-state index contributed by atoms with van der Waals surface area (Å²) in [4.78, 5) is 4.39. The van der Waals surface area contributed by atoms with E-state index in [0.717, 1.165) is 17.6 Å². The van der Waals surface area contributed by atoms with E-state index in [4.69, 9.17) is 4.74 Å². The molecule has 0 radical (unpaired) electrons. The minimum atomic E-state index is -1.10. The van der Waals surface area contributed by atoms with Gasteiger partial charge in [0, 0.05) is 6.54 Å². The first-order chi connectivity index (χ1) is 9.06. The quantitative estimate of drug-likeness (QED) is 0.548. The van der Waals surface area contributed by atoms with Crippen LogP contribution in [-0.4, -0.2) is 62.9 Å². The van der Waals surface area contributed by atoms with Crippen molar-refractivity contribution < 1.29 is 20.1 Å². The van der Waals surface area contributed by atoms with Crippen molar-refractivity contribution in [2.24, 2.45) is 10.9 Å². The number of nitrogens with zero attached hydrogens (tertiary/aromatic N) is 1. The van der Waals surface area contributed by atoms with Gasteiger partial charge in [0.25, 0.3) is 0 Å². The van der Waals surface area contributed by atoms with Gasteiger partial charge in [-0.1, -0.05) is 11.8 Å². The molecule has 0 amide bonds. The molecule has 2 fully saturated rings. The first-order valence-electron chi connectivity index (χ1n) is 6.74. The lowest BCUT2D eigenvalue weighted by molar-refractivity contribution is -0.181. The van der Waals surface area contributed by atoms with Crippen LogP contribution in [0.15, 0.2) is 4.99 Å². The zero-order valence-electron chi connectivity index (χ0n) is 10.8. The summed E-state index contributed by atoms with van der Waals surface area (Å²) >= 11 is 1.43. The van der Waals surface area contributed by atoms with Gasteiger partial charge in [0.2, 0.25) is 0 Å². The molecule has 0 bridgehead atoms. The molecule has 6 atom stereocenters. The number of nitrogens with one attached hydrogen (secondary N) is 1. The minimum Gasteiger partial charge on any atom is -0.391 e. The van der Waals surface area contributed by atoms with Crippen LogP contribution < -0.4 is 5.32 Å². The number of thioether (sulfide) groups is 1. The Morgan fingerprint density at radius 3 is 2.79 bits per heavy atom. The van der Waals surface area contributed by atoms with Gasteiger partial charge in [-0.05, 0) is 25.7 Å². The molecule has 0 aromatic rings. The van der Waals surface area contributed by atoms with E-state index >= 15 is 0 Å². The maximum Gasteiger partial charge on any atom is 0.159 e. The third kappa shape index (κ3) is 2.75. The van der Waals surface area contributed by atoms with E-state index < -0.39 is 30.5 Å². The van der Waals surface area contributed by atoms with E-state index in [0.29, 0.717) is 0 Å². The number of aliphatic imine (C=N–C) groups is 1. The fourth-order valence-corrected chi connectivity index (χ4v) is 3.54. The maximum atomic E-state index is 10.1. The molecular formula is C12H20N2O4S. The van der Waals surface area contributed by atoms with Crippen molar-refractivity contribution in [1.82, 2.24) is 5.32 Å². The molecule has 0 aromatic carbocycles. The Labute approximate surface area is 116 Å². The van der Waals surface area contributed by atoms with Crippen molar-refractivity contribution in [3.05, 3.63) is 0 Å². The molecule has 2 aliphatic heterocycles. The number of hydrogen-bond acceptors (Lipinski definition) is 7. The molecule has 1 unspecified atom stereocenters. The predicted molar refractivity (Wildman–Crippen MR) is 71.9 cm³/mol. The van der Waals surface area contributed by atoms with Crippen LogP contribution in [0.4, 0.5) is 0 Å². The Hall–Kier alpha value is -0.340. The van der Waals surface area contributed by atoms with Gasteiger partial charge in [0.1, 0.15) is 29.8 Å². The fourth-order valence-electron chi connectivity index (χ4n) is 2.42. The van der Waals surface area contributed by atoms with E-state index in [-0.39, 0.29) is 5.44 Å². The number of fused-ring (bicyclic) bond motifs is 1. The molecule has 19 heavy (non-hydrogen) atoms. The molecule has 0 spiro atoms. The molecule has 108 valence electrons. The van der Waals surface area contributed by atoms with Gasteiger partial charge >= 0.3 is 0 Å². The van der Waals surface area contributed by atoms with Crippen LogP contribution in [-0.2, 0) is 4.74 Å². The second-order valence-electron chi connectivity index (χ2n) is 5.56. The minimum absolute atomic E-state index is 0.334. The topological polar surface area (TPSA) is 94.3 Å². The lowest BCUT2D eigenvalue weighted by Gasteiger charge is -2.39. The summed E-state index contributed by atoms with van der Waals surface area (Å²) in [7, 11) is 0. The first-order valence-corrected chi connectivity index (χ1v) is 7.62. The Kier molecular flexibility index (Phi) is 3.74. The second-order valence-corrected chi connectivity index (χ2v) is 6.64. The first kappa shape index (κ1) is 13.6. The molecule has 6 nitrogen and oxygen atoms in total. The van der Waals surface area contributed by atoms with E-state index in [2.05, 4.69) is 10.3 Å². The van der Waals surface area contributed by atoms with E-state index in [9.17, 15) is 15.3 Å². The fraction of sp³-hybridized carbons (Fsp3) is 0.917. The van der Waals surface area contributed by atoms with Crippen LogP contribution in [0.1, 0.15) is 19.8 Å². The highest BCUT2D eigenvalue weighted by atomic mass is 32.2. The largest absolute Gasteiger partial charge is 0.391 e. The van der Waals surface area contributed by atoms with Crippen molar-refractivity contribution in [2.45, 2.75) is 55.7 Å². The van der Waals surface area contributed by atoms with Crippen molar-refractivity contribution in [3.8, 4) is 0 Å². The second kappa shape index (κ2) is 5.21. The van der Waals surface area contributed by atoms with Crippen LogP contribution >= 0.6 is 11.8 Å². The average molecular weight is 288 g/mol. The summed E-state index contributed by atoms with van der Waals surface area (Å²) in [5.41, 5.74) is -0.334. The maximum absolute atomic E-state index is 10.1. The Morgan fingerprint density at radius 1 is 1.42 bits per heavy atom. The van der Waals surface area contributed by atoms with Gasteiger partial charge in [0.15, 0.2) is 5.17 Å². The molecular weight excluding hydrogens is 268 g/mol. The highest BCUT2D eigenvalue weighted by Crippen LogP contribution is 2.37. The van der Waals surface area contributed by atoms with Gasteiger partial charge in [-0.3, -0.25) is 4.99 Å². The van der Waals surface area contributed by atoms with Crippen molar-refractivity contribution in [3.63, 3.8) is 0 Å². The summed E-state index contributed by atoms with van der Waals surface area (Å²) in [5, 5.41) is 33.6. The average Bonchev–Trinajstić information content (AvgIpc) is 3.10. The van der Waals surface area contributed by atoms with E-state index in [1.807, 2.05) is 0 Å². The zero-order valence-corrected chi connectivity index (χ0v) is 11.6. The summed E-state index contributed by atoms with van der Waals surface area (Å²) < 4.78 is 5.66. The smallest absolute Gasteiger partial charge is 0.159 e. The Bertz CT molecular complexity index is 375. The number of aliphatic hydroxyl groups excluding tert-OH is 3. The standard InChI is InChI=1S/C12H20N2O4S/c1-5(15)10-9(17)8(16)7-11(18-10)19-12(14-7)13-4-6-2-3-6/h5-11,15-17H,2-4H2,1H3,(H,13,14)/t5-,7-,8-,9+,10?,11-/m1/s1. The van der Waals surface area contributed by atoms with Gasteiger partial charge in [0.05, 0.1) is 6.10 Å². The van der Waals surface area contributed by atoms with Crippen molar-refractivity contribution >= 4 is 16.9 Å². The zero-order chi connectivity index (χ0) is 13.6. The lowest BCUT2D eigenvalue weighted by atomic mass is 9.95. The van der Waals surface area contributed by atoms with Gasteiger partial charge in [-0.15, -0.1) is 0 Å². The number of ether oxygens (including phenoxy) is 1. The Morgan fingerprint density at radius 2 is 2.16 bits per heavy atom. The van der Waals surface area contributed by atoms with Crippen LogP contribution in [0.2, 0.25) is 0 Å². The molecule has 7 heteroatoms. The van der Waals surface area contributed by atoms with Gasteiger partial charge in [-0.25, -0.2) is 0 Å². The third-order valence-electron chi connectivity index (χ3n) is 3.81. The van der Waals surface area contributed by atoms with Crippen LogP contribution in [0.5, 0.6) is 0 Å². The summed E-state index contributed by atoms with van der Waals surface area (Å²) in [5.74, 6) is 0.743. The van der Waals surface area contributed by atoms with Crippen LogP contribution in [0.3, 0.4) is 0 Å². The number of hydrogen-bond donors (Lipinski definition) is 4. The van der Waals surface area contributed by atoms with Crippen molar-refractivity contribution in [1.29, 1.82) is 0 Å². The number of aliphatic hydroxyl groups is 3. The molecule has 2 heterocycles. The highest BCUT2D eigenvalue weighted by Gasteiger charge is 2.49. The normalized spacial score (nSPS) is 43.6. The summed E-state index contributed by atoms with van der Waals surface area (Å²) in [6, 6.07) is -0.461. The monoisotopic (exact) mass is 288 g/mol. The van der Waals surface area contributed by atoms with Crippen LogP contribution in [0.25, 0.3) is 0 Å². The molecule has 0 aromatic heterocycles. The molecule has 1 saturated carbocycles. The number of rotatable bonds is 3. The summed E-state index contributed by atoms with van der Waals surface area (Å²) in [6.45, 7) is 2.46. The SMILES string of the molecule is C[C@@H](O)C1O[C@@H]2SC(NCC3CC3)=N[C@@H]2[C@@H](O)[C@@H]1O. The van der Waals surface area contributed by atoms with Gasteiger partial charge < -0.3 is 25.4 Å².